The van der Waals surface area contributed by atoms with Crippen molar-refractivity contribution in [2.24, 2.45) is 0 Å². The number of hydrogen-bond acceptors (Lipinski definition) is 5. The number of rotatable bonds is 6. The van der Waals surface area contributed by atoms with Gasteiger partial charge >= 0.3 is 0 Å². The van der Waals surface area contributed by atoms with E-state index in [1.165, 1.54) is 17.0 Å². The van der Waals surface area contributed by atoms with Gasteiger partial charge in [-0.15, -0.1) is 22.7 Å². The van der Waals surface area contributed by atoms with Gasteiger partial charge in [-0.05, 0) is 19.4 Å². The average molecular weight is 267 g/mol. The maximum Gasteiger partial charge on any atom is 0.143 e. The average Bonchev–Trinajstić information content (AvgIpc) is 2.97. The fourth-order valence-corrected chi connectivity index (χ4v) is 3.30. The Balaban J connectivity index is 2.15. The zero-order valence-corrected chi connectivity index (χ0v) is 11.8. The molecule has 0 aliphatic rings. The highest BCUT2D eigenvalue weighted by Crippen LogP contribution is 2.28. The monoisotopic (exact) mass is 267 g/mol. The molecule has 0 bridgehead atoms. The molecule has 0 atom stereocenters. The van der Waals surface area contributed by atoms with Crippen LogP contribution in [0.5, 0.6) is 0 Å². The van der Waals surface area contributed by atoms with Crippen molar-refractivity contribution in [3.63, 3.8) is 0 Å². The minimum absolute atomic E-state index is 0.929. The van der Waals surface area contributed by atoms with Crippen LogP contribution in [0.2, 0.25) is 0 Å². The standard InChI is InChI=1S/C12H17N3S2/c1-3-5-13-6-11-9(4-2)15-12(17-11)10-7-16-8-14-10/h7-8,13H,3-6H2,1-2H3. The summed E-state index contributed by atoms with van der Waals surface area (Å²) >= 11 is 3.38. The summed E-state index contributed by atoms with van der Waals surface area (Å²) in [6, 6.07) is 0. The molecule has 0 saturated heterocycles. The van der Waals surface area contributed by atoms with E-state index in [1.54, 1.807) is 22.7 Å². The van der Waals surface area contributed by atoms with E-state index in [4.69, 9.17) is 0 Å². The highest BCUT2D eigenvalue weighted by Gasteiger charge is 2.11. The molecule has 0 aromatic carbocycles. The van der Waals surface area contributed by atoms with E-state index in [-0.39, 0.29) is 0 Å². The van der Waals surface area contributed by atoms with Crippen molar-refractivity contribution in [2.75, 3.05) is 6.54 Å². The Bertz CT molecular complexity index is 448. The molecule has 0 fully saturated rings. The molecule has 0 aliphatic carbocycles. The second kappa shape index (κ2) is 6.23. The third-order valence-electron chi connectivity index (χ3n) is 2.48. The van der Waals surface area contributed by atoms with E-state index in [9.17, 15) is 0 Å². The van der Waals surface area contributed by atoms with Gasteiger partial charge in [0.05, 0.1) is 11.2 Å². The summed E-state index contributed by atoms with van der Waals surface area (Å²) in [4.78, 5) is 10.3. The van der Waals surface area contributed by atoms with Crippen LogP contribution >= 0.6 is 22.7 Å². The molecule has 2 aromatic rings. The molecule has 3 nitrogen and oxygen atoms in total. The Morgan fingerprint density at radius 1 is 1.35 bits per heavy atom. The first-order valence-corrected chi connectivity index (χ1v) is 7.69. The van der Waals surface area contributed by atoms with Crippen LogP contribution in [-0.2, 0) is 13.0 Å². The first-order chi connectivity index (χ1) is 8.35. The predicted octanol–water partition coefficient (Wildman–Crippen LogP) is 3.33. The van der Waals surface area contributed by atoms with Gasteiger partial charge in [-0.2, -0.15) is 0 Å². The van der Waals surface area contributed by atoms with Crippen LogP contribution in [0.15, 0.2) is 10.9 Å². The van der Waals surface area contributed by atoms with Crippen LogP contribution in [0.4, 0.5) is 0 Å². The Kier molecular flexibility index (Phi) is 4.65. The Morgan fingerprint density at radius 3 is 2.88 bits per heavy atom. The number of nitrogens with one attached hydrogen (secondary N) is 1. The van der Waals surface area contributed by atoms with Crippen molar-refractivity contribution in [1.82, 2.24) is 15.3 Å². The molecule has 2 heterocycles. The van der Waals surface area contributed by atoms with Crippen LogP contribution in [0, 0.1) is 0 Å². The van der Waals surface area contributed by atoms with Gasteiger partial charge in [0, 0.05) is 16.8 Å². The smallest absolute Gasteiger partial charge is 0.143 e. The molecular formula is C12H17N3S2. The second-order valence-electron chi connectivity index (χ2n) is 3.79. The van der Waals surface area contributed by atoms with E-state index < -0.39 is 0 Å². The van der Waals surface area contributed by atoms with Gasteiger partial charge in [-0.3, -0.25) is 0 Å². The summed E-state index contributed by atoms with van der Waals surface area (Å²) in [5.41, 5.74) is 4.08. The first kappa shape index (κ1) is 12.7. The number of nitrogens with zero attached hydrogens (tertiary/aromatic N) is 2. The molecule has 0 saturated carbocycles. The fourth-order valence-electron chi connectivity index (χ4n) is 1.60. The van der Waals surface area contributed by atoms with Crippen molar-refractivity contribution in [2.45, 2.75) is 33.2 Å². The third-order valence-corrected chi connectivity index (χ3v) is 4.18. The normalized spacial score (nSPS) is 10.9. The number of hydrogen-bond donors (Lipinski definition) is 1. The summed E-state index contributed by atoms with van der Waals surface area (Å²) in [7, 11) is 0. The molecule has 0 unspecified atom stereocenters. The molecule has 0 spiro atoms. The lowest BCUT2D eigenvalue weighted by molar-refractivity contribution is 0.677. The van der Waals surface area contributed by atoms with Gasteiger partial charge in [0.25, 0.3) is 0 Å². The maximum absolute atomic E-state index is 4.67. The minimum atomic E-state index is 0.929. The fraction of sp³-hybridized carbons (Fsp3) is 0.500. The van der Waals surface area contributed by atoms with E-state index in [2.05, 4.69) is 34.5 Å². The lowest BCUT2D eigenvalue weighted by atomic mass is 10.3. The number of thiazole rings is 2. The molecule has 2 aromatic heterocycles. The zero-order chi connectivity index (χ0) is 12.1. The number of aryl methyl sites for hydroxylation is 1. The van der Waals surface area contributed by atoms with E-state index >= 15 is 0 Å². The van der Waals surface area contributed by atoms with Crippen molar-refractivity contribution >= 4 is 22.7 Å². The van der Waals surface area contributed by atoms with Gasteiger partial charge in [-0.1, -0.05) is 13.8 Å². The van der Waals surface area contributed by atoms with Crippen molar-refractivity contribution < 1.29 is 0 Å². The molecule has 0 aliphatic heterocycles. The predicted molar refractivity (Wildman–Crippen MR) is 74.6 cm³/mol. The lowest BCUT2D eigenvalue weighted by Gasteiger charge is -2.01. The summed E-state index contributed by atoms with van der Waals surface area (Å²) in [6.45, 7) is 6.33. The number of aromatic nitrogens is 2. The highest BCUT2D eigenvalue weighted by molar-refractivity contribution is 7.15. The maximum atomic E-state index is 4.67. The minimum Gasteiger partial charge on any atom is -0.312 e. The van der Waals surface area contributed by atoms with Crippen LogP contribution in [0.25, 0.3) is 10.7 Å². The molecule has 1 N–H and O–H groups in total. The van der Waals surface area contributed by atoms with Crippen LogP contribution in [0.3, 0.4) is 0 Å². The van der Waals surface area contributed by atoms with Gasteiger partial charge in [0.15, 0.2) is 0 Å². The zero-order valence-electron chi connectivity index (χ0n) is 10.2. The molecule has 17 heavy (non-hydrogen) atoms. The van der Waals surface area contributed by atoms with Crippen LogP contribution in [-0.4, -0.2) is 16.5 Å². The molecule has 5 heteroatoms. The van der Waals surface area contributed by atoms with Crippen LogP contribution < -0.4 is 5.32 Å². The van der Waals surface area contributed by atoms with Crippen molar-refractivity contribution in [1.29, 1.82) is 0 Å². The van der Waals surface area contributed by atoms with Gasteiger partial charge in [0.2, 0.25) is 0 Å². The summed E-state index contributed by atoms with van der Waals surface area (Å²) in [6.07, 6.45) is 2.16. The molecular weight excluding hydrogens is 250 g/mol. The first-order valence-electron chi connectivity index (χ1n) is 5.93. The van der Waals surface area contributed by atoms with E-state index in [0.717, 1.165) is 30.2 Å². The Labute approximate surface area is 110 Å². The highest BCUT2D eigenvalue weighted by atomic mass is 32.1. The Morgan fingerprint density at radius 2 is 2.24 bits per heavy atom. The van der Waals surface area contributed by atoms with Gasteiger partial charge in [-0.25, -0.2) is 9.97 Å². The van der Waals surface area contributed by atoms with Gasteiger partial charge < -0.3 is 5.32 Å². The molecule has 0 radical (unpaired) electrons. The van der Waals surface area contributed by atoms with Crippen molar-refractivity contribution in [3.8, 4) is 10.7 Å². The largest absolute Gasteiger partial charge is 0.312 e. The summed E-state index contributed by atoms with van der Waals surface area (Å²) in [5, 5.41) is 6.55. The molecule has 2 rings (SSSR count). The summed E-state index contributed by atoms with van der Waals surface area (Å²) < 4.78 is 0. The van der Waals surface area contributed by atoms with Crippen molar-refractivity contribution in [3.05, 3.63) is 21.5 Å². The third kappa shape index (κ3) is 3.12. The lowest BCUT2D eigenvalue weighted by Crippen LogP contribution is -2.13. The second-order valence-corrected chi connectivity index (χ2v) is 5.60. The topological polar surface area (TPSA) is 37.8 Å². The van der Waals surface area contributed by atoms with Gasteiger partial charge in [0.1, 0.15) is 10.7 Å². The Hall–Kier alpha value is -0.780. The van der Waals surface area contributed by atoms with E-state index in [0.29, 0.717) is 0 Å². The van der Waals surface area contributed by atoms with Crippen LogP contribution in [0.1, 0.15) is 30.8 Å². The quantitative estimate of drug-likeness (QED) is 0.816. The molecule has 92 valence electrons. The summed E-state index contributed by atoms with van der Waals surface area (Å²) in [5.74, 6) is 0. The molecule has 0 amide bonds. The van der Waals surface area contributed by atoms with E-state index in [1.807, 2.05) is 5.51 Å². The SMILES string of the molecule is CCCNCc1sc(-c2cscn2)nc1CC.